The third-order valence-corrected chi connectivity index (χ3v) is 14.5. The average Bonchev–Trinajstić information content (AvgIpc) is 3.58. The standard InChI is InChI=1S/C51H76N2O20S3.2Na/c1-50(2,3)44-38-41(73-47-37-40(11-13-43(44)47)52(17-7-35-74(56,57)58)19-22-68-27-30-72-32-31-69-24-23-65-5)9-6-10-48-51(4,16-21-67-26-29-71-34-33-70-28-25-66-20-15-49(54)55)45-39-42(76(62,63)64)12-14-46(45)53(48)18-8-36-75(59,60)61;;/h6,9-14,37-39H,7-8,15-36H2,1-5H3,(H3-,54,55,56,57,58,59,60,61,62,63,64);;/q;2*+1/p-2. The first-order chi connectivity index (χ1) is 35.9. The molecule has 0 radical (unpaired) electrons. The maximum Gasteiger partial charge on any atom is 1.00 e. The summed E-state index contributed by atoms with van der Waals surface area (Å²) in [6, 6.07) is 11.6. The number of anilines is 1. The van der Waals surface area contributed by atoms with Gasteiger partial charge in [-0.25, -0.2) is 29.8 Å². The van der Waals surface area contributed by atoms with E-state index in [4.69, 9.17) is 47.4 Å². The number of benzene rings is 2. The molecule has 2 heterocycles. The first-order valence-electron chi connectivity index (χ1n) is 25.0. The van der Waals surface area contributed by atoms with Crippen molar-refractivity contribution in [3.05, 3.63) is 82.6 Å². The second kappa shape index (κ2) is 35.7. The quantitative estimate of drug-likeness (QED) is 0.0269. The summed E-state index contributed by atoms with van der Waals surface area (Å²) >= 11 is 0. The van der Waals surface area contributed by atoms with Crippen molar-refractivity contribution in [3.63, 3.8) is 0 Å². The molecule has 1 unspecified atom stereocenters. The Balaban J connectivity index is 0.0000104. The maximum atomic E-state index is 12.4. The van der Waals surface area contributed by atoms with Gasteiger partial charge in [0.2, 0.25) is 5.36 Å². The second-order valence-electron chi connectivity index (χ2n) is 18.9. The van der Waals surface area contributed by atoms with Crippen LogP contribution in [0.3, 0.4) is 0 Å². The zero-order valence-electron chi connectivity index (χ0n) is 46.1. The van der Waals surface area contributed by atoms with Gasteiger partial charge >= 0.3 is 65.1 Å². The van der Waals surface area contributed by atoms with Gasteiger partial charge in [0, 0.05) is 66.6 Å². The van der Waals surface area contributed by atoms with Crippen molar-refractivity contribution in [2.24, 2.45) is 0 Å². The minimum absolute atomic E-state index is 0. The van der Waals surface area contributed by atoms with Gasteiger partial charge < -0.3 is 66.0 Å². The van der Waals surface area contributed by atoms with Gasteiger partial charge in [-0.15, -0.1) is 0 Å². The summed E-state index contributed by atoms with van der Waals surface area (Å²) in [6.45, 7) is 13.1. The van der Waals surface area contributed by atoms with Gasteiger partial charge in [0.05, 0.1) is 124 Å². The molecule has 0 amide bonds. The van der Waals surface area contributed by atoms with Gasteiger partial charge in [0.1, 0.15) is 34.8 Å². The molecule has 0 fully saturated rings. The molecule has 1 aliphatic carbocycles. The normalized spacial score (nSPS) is 15.9. The molecule has 4 rings (SSSR count). The molecule has 78 heavy (non-hydrogen) atoms. The molecular formula is C51H74N2Na2O20S3. The van der Waals surface area contributed by atoms with E-state index < -0.39 is 58.1 Å². The average molecular weight is 1180 g/mol. The molecule has 0 aromatic heterocycles. The minimum atomic E-state index is -4.90. The number of allylic oxidation sites excluding steroid dienone is 3. The van der Waals surface area contributed by atoms with Crippen LogP contribution in [0.4, 0.5) is 5.69 Å². The van der Waals surface area contributed by atoms with Gasteiger partial charge in [-0.1, -0.05) is 26.8 Å². The molecule has 0 bridgehead atoms. The van der Waals surface area contributed by atoms with E-state index in [2.05, 4.69) is 20.8 Å². The predicted octanol–water partition coefficient (Wildman–Crippen LogP) is -2.46. The largest absolute Gasteiger partial charge is 1.00 e. The van der Waals surface area contributed by atoms with E-state index in [0.717, 1.165) is 11.1 Å². The Hall–Kier alpha value is -2.19. The van der Waals surface area contributed by atoms with Crippen molar-refractivity contribution in [2.45, 2.75) is 69.1 Å². The molecule has 0 spiro atoms. The fourth-order valence-corrected chi connectivity index (χ4v) is 9.74. The van der Waals surface area contributed by atoms with Crippen LogP contribution in [-0.4, -0.2) is 187 Å². The van der Waals surface area contributed by atoms with Crippen molar-refractivity contribution in [1.29, 1.82) is 0 Å². The first kappa shape index (κ1) is 71.9. The van der Waals surface area contributed by atoms with Crippen LogP contribution < -0.4 is 73.9 Å². The zero-order valence-corrected chi connectivity index (χ0v) is 52.5. The van der Waals surface area contributed by atoms with Crippen molar-refractivity contribution >= 4 is 48.1 Å². The van der Waals surface area contributed by atoms with E-state index >= 15 is 0 Å². The Morgan fingerprint density at radius 3 is 1.78 bits per heavy atom. The van der Waals surface area contributed by atoms with Crippen LogP contribution in [-0.2, 0) is 83.9 Å². The molecule has 428 valence electrons. The van der Waals surface area contributed by atoms with E-state index in [1.54, 1.807) is 30.2 Å². The third kappa shape index (κ3) is 25.9. The van der Waals surface area contributed by atoms with Crippen LogP contribution in [0, 0.1) is 0 Å². The molecule has 1 atom stereocenters. The number of fused-ring (bicyclic) bond motifs is 2. The van der Waals surface area contributed by atoms with E-state index in [1.165, 1.54) is 18.2 Å². The number of methoxy groups -OCH3 is 1. The number of rotatable bonds is 38. The van der Waals surface area contributed by atoms with E-state index in [0.29, 0.717) is 80.0 Å². The summed E-state index contributed by atoms with van der Waals surface area (Å²) in [6.07, 6.45) is 5.46. The van der Waals surface area contributed by atoms with Crippen LogP contribution in [0.5, 0.6) is 0 Å². The SMILES string of the molecule is COCCOCCOCCOCC[N+](CCCS(=O)(=O)[O-])=c1ccc2c(C(C)(C)C)cc(/C=C/C=C3/N(CCCS(=O)(=O)[O-])c4ccc(S(=O)(=O)[O-])cc4C3(C)CCOCCOCCOCCOCCC(=O)O)oc-2c1.[Na+].[Na+]. The smallest absolute Gasteiger partial charge is 0.748 e. The van der Waals surface area contributed by atoms with Gasteiger partial charge in [-0.05, 0) is 78.8 Å². The van der Waals surface area contributed by atoms with Crippen LogP contribution in [0.25, 0.3) is 17.4 Å². The van der Waals surface area contributed by atoms with Gasteiger partial charge in [-0.2, -0.15) is 0 Å². The van der Waals surface area contributed by atoms with Crippen LogP contribution >= 0.6 is 0 Å². The number of carboxylic acid groups (broad SMARTS) is 1. The molecule has 1 aromatic rings. The Morgan fingerprint density at radius 2 is 1.24 bits per heavy atom. The summed E-state index contributed by atoms with van der Waals surface area (Å²) < 4.78 is 160. The van der Waals surface area contributed by atoms with Crippen molar-refractivity contribution in [2.75, 3.05) is 142 Å². The number of carboxylic acids is 1. The number of hydrogen-bond acceptors (Lipinski definition) is 20. The van der Waals surface area contributed by atoms with Crippen LogP contribution in [0.2, 0.25) is 0 Å². The van der Waals surface area contributed by atoms with Crippen LogP contribution in [0.1, 0.15) is 70.3 Å². The molecule has 0 saturated heterocycles. The summed E-state index contributed by atoms with van der Waals surface area (Å²) in [5.74, 6) is -1.19. The number of hydrogen-bond donors (Lipinski definition) is 1. The topological polar surface area (TPSA) is 302 Å². The number of carbonyl (C=O) groups is 1. The fourth-order valence-electron chi connectivity index (χ4n) is 8.28. The monoisotopic (exact) mass is 1180 g/mol. The Labute approximate surface area is 504 Å². The van der Waals surface area contributed by atoms with Crippen molar-refractivity contribution < 1.29 is 150 Å². The minimum Gasteiger partial charge on any atom is -0.748 e. The molecule has 27 heteroatoms. The van der Waals surface area contributed by atoms with Gasteiger partial charge in [0.15, 0.2) is 6.54 Å². The number of ether oxygens (including phenoxy) is 8. The summed E-state index contributed by atoms with van der Waals surface area (Å²) in [5, 5.41) is 9.39. The molecule has 1 aromatic carbocycles. The third-order valence-electron chi connectivity index (χ3n) is 12.1. The van der Waals surface area contributed by atoms with Crippen LogP contribution in [0.15, 0.2) is 69.6 Å². The predicted molar refractivity (Wildman–Crippen MR) is 278 cm³/mol. The fraction of sp³-hybridized carbons (Fsp3) is 0.608. The van der Waals surface area contributed by atoms with E-state index in [-0.39, 0.29) is 163 Å². The summed E-state index contributed by atoms with van der Waals surface area (Å²) in [4.78, 5) is 12.0. The molecule has 22 nitrogen and oxygen atoms in total. The molecular weight excluding hydrogens is 1100 g/mol. The number of nitrogens with zero attached hydrogens (tertiary/aromatic N) is 2. The Morgan fingerprint density at radius 1 is 0.705 bits per heavy atom. The Kier molecular flexibility index (Phi) is 32.9. The first-order valence-corrected chi connectivity index (χ1v) is 29.5. The van der Waals surface area contributed by atoms with E-state index in [9.17, 15) is 43.7 Å². The zero-order chi connectivity index (χ0) is 55.8. The molecule has 3 aliphatic rings. The maximum absolute atomic E-state index is 12.4. The number of aliphatic carboxylic acids is 1. The second-order valence-corrected chi connectivity index (χ2v) is 23.3. The molecule has 2 aliphatic heterocycles. The Bertz CT molecular complexity index is 2750. The van der Waals surface area contributed by atoms with Crippen molar-refractivity contribution in [3.8, 4) is 11.3 Å². The van der Waals surface area contributed by atoms with Crippen molar-refractivity contribution in [1.82, 2.24) is 4.58 Å². The summed E-state index contributed by atoms with van der Waals surface area (Å²) in [7, 11) is -12.3. The van der Waals surface area contributed by atoms with Gasteiger partial charge in [0.25, 0.3) is 0 Å². The summed E-state index contributed by atoms with van der Waals surface area (Å²) in [5.41, 5.74) is 1.97. The van der Waals surface area contributed by atoms with E-state index in [1.807, 2.05) is 35.8 Å². The molecule has 1 N–H and O–H groups in total. The molecule has 0 saturated carbocycles. The van der Waals surface area contributed by atoms with Gasteiger partial charge in [-0.3, -0.25) is 4.79 Å².